The number of rotatable bonds is 4. The van der Waals surface area contributed by atoms with Crippen LogP contribution in [0, 0.1) is 28.6 Å². The van der Waals surface area contributed by atoms with E-state index in [0.29, 0.717) is 12.2 Å². The first-order valence-corrected chi connectivity index (χ1v) is 8.76. The summed E-state index contributed by atoms with van der Waals surface area (Å²) in [5.41, 5.74) is -0.315. The molecular weight excluding hydrogens is 308 g/mol. The van der Waals surface area contributed by atoms with Crippen molar-refractivity contribution in [2.45, 2.75) is 52.7 Å². The molecule has 4 aliphatic rings. The fourth-order valence-electron chi connectivity index (χ4n) is 5.57. The normalized spacial score (nSPS) is 43.5. The Balaban J connectivity index is 2.12. The SMILES string of the molecule is C=C(C)C(=O)OC1C(OC)C2(C)CCC1(C(C)C)C1C(=O)OCC12. The van der Waals surface area contributed by atoms with Crippen LogP contribution in [0.4, 0.5) is 0 Å². The topological polar surface area (TPSA) is 61.8 Å². The van der Waals surface area contributed by atoms with E-state index in [0.717, 1.165) is 12.8 Å². The average molecular weight is 336 g/mol. The summed E-state index contributed by atoms with van der Waals surface area (Å²) in [5.74, 6) is -0.510. The van der Waals surface area contributed by atoms with Crippen LogP contribution in [0.3, 0.4) is 0 Å². The molecule has 1 saturated heterocycles. The van der Waals surface area contributed by atoms with Gasteiger partial charge >= 0.3 is 11.9 Å². The van der Waals surface area contributed by atoms with Gasteiger partial charge in [-0.15, -0.1) is 0 Å². The van der Waals surface area contributed by atoms with Gasteiger partial charge in [-0.05, 0) is 25.7 Å². The number of hydrogen-bond acceptors (Lipinski definition) is 5. The maximum Gasteiger partial charge on any atom is 0.333 e. The van der Waals surface area contributed by atoms with Crippen LogP contribution in [-0.2, 0) is 23.8 Å². The zero-order valence-electron chi connectivity index (χ0n) is 15.3. The maximum atomic E-state index is 12.6. The Morgan fingerprint density at radius 1 is 1.33 bits per heavy atom. The molecule has 4 fully saturated rings. The molecule has 0 spiro atoms. The van der Waals surface area contributed by atoms with Crippen LogP contribution >= 0.6 is 0 Å². The highest BCUT2D eigenvalue weighted by molar-refractivity contribution is 5.87. The number of carbonyl (C=O) groups is 2. The van der Waals surface area contributed by atoms with Gasteiger partial charge in [0, 0.05) is 29.4 Å². The average Bonchev–Trinajstić information content (AvgIpc) is 2.91. The lowest BCUT2D eigenvalue weighted by Gasteiger charge is -2.65. The summed E-state index contributed by atoms with van der Waals surface area (Å²) in [6.45, 7) is 12.1. The molecule has 5 heteroatoms. The smallest absolute Gasteiger partial charge is 0.333 e. The summed E-state index contributed by atoms with van der Waals surface area (Å²) >= 11 is 0. The van der Waals surface area contributed by atoms with Gasteiger partial charge in [0.1, 0.15) is 12.2 Å². The second kappa shape index (κ2) is 5.58. The minimum Gasteiger partial charge on any atom is -0.465 e. The van der Waals surface area contributed by atoms with Crippen molar-refractivity contribution in [1.29, 1.82) is 0 Å². The molecule has 4 rings (SSSR count). The van der Waals surface area contributed by atoms with E-state index in [1.807, 2.05) is 0 Å². The summed E-state index contributed by atoms with van der Waals surface area (Å²) in [5, 5.41) is 0. The second-order valence-electron chi connectivity index (χ2n) is 8.25. The molecule has 3 saturated carbocycles. The van der Waals surface area contributed by atoms with Gasteiger partial charge in [-0.3, -0.25) is 4.79 Å². The molecule has 0 aromatic heterocycles. The standard InChI is InChI=1S/C19H28O5/c1-10(2)16(20)24-15-14(22-6)18(5)7-8-19(15,11(3)4)13-12(18)9-23-17(13)21/h11-15H,1,7-9H2,2-6H3. The predicted molar refractivity (Wildman–Crippen MR) is 88.0 cm³/mol. The van der Waals surface area contributed by atoms with Crippen molar-refractivity contribution in [1.82, 2.24) is 0 Å². The van der Waals surface area contributed by atoms with Gasteiger partial charge in [-0.25, -0.2) is 4.79 Å². The van der Waals surface area contributed by atoms with Gasteiger partial charge in [-0.1, -0.05) is 27.4 Å². The molecular formula is C19H28O5. The van der Waals surface area contributed by atoms with Crippen molar-refractivity contribution < 1.29 is 23.8 Å². The van der Waals surface area contributed by atoms with E-state index in [-0.39, 0.29) is 35.2 Å². The zero-order chi connectivity index (χ0) is 17.9. The summed E-state index contributed by atoms with van der Waals surface area (Å²) < 4.78 is 17.2. The Bertz CT molecular complexity index is 582. The molecule has 134 valence electrons. The molecule has 6 atom stereocenters. The molecule has 0 aromatic carbocycles. The van der Waals surface area contributed by atoms with Gasteiger partial charge in [0.25, 0.3) is 0 Å². The molecule has 1 aliphatic heterocycles. The molecule has 0 radical (unpaired) electrons. The third-order valence-electron chi connectivity index (χ3n) is 6.95. The van der Waals surface area contributed by atoms with Crippen LogP contribution in [0.1, 0.15) is 40.5 Å². The number of hydrogen-bond donors (Lipinski definition) is 0. The molecule has 0 aromatic rings. The molecule has 0 N–H and O–H groups in total. The number of carbonyl (C=O) groups excluding carboxylic acids is 2. The third-order valence-corrected chi connectivity index (χ3v) is 6.95. The molecule has 5 nitrogen and oxygen atoms in total. The van der Waals surface area contributed by atoms with Gasteiger partial charge in [-0.2, -0.15) is 0 Å². The highest BCUT2D eigenvalue weighted by atomic mass is 16.6. The second-order valence-corrected chi connectivity index (χ2v) is 8.25. The molecule has 24 heavy (non-hydrogen) atoms. The Morgan fingerprint density at radius 2 is 2.00 bits per heavy atom. The van der Waals surface area contributed by atoms with Crippen LogP contribution in [0.25, 0.3) is 0 Å². The Hall–Kier alpha value is -1.36. The van der Waals surface area contributed by atoms with Crippen molar-refractivity contribution in [2.24, 2.45) is 28.6 Å². The molecule has 2 bridgehead atoms. The van der Waals surface area contributed by atoms with E-state index in [9.17, 15) is 9.59 Å². The van der Waals surface area contributed by atoms with Crippen molar-refractivity contribution in [2.75, 3.05) is 13.7 Å². The van der Waals surface area contributed by atoms with E-state index in [1.165, 1.54) is 0 Å². The van der Waals surface area contributed by atoms with E-state index < -0.39 is 17.5 Å². The molecule has 0 amide bonds. The highest BCUT2D eigenvalue weighted by Gasteiger charge is 2.73. The van der Waals surface area contributed by atoms with Crippen molar-refractivity contribution >= 4 is 11.9 Å². The highest BCUT2D eigenvalue weighted by Crippen LogP contribution is 2.68. The first kappa shape index (κ1) is 17.5. The van der Waals surface area contributed by atoms with Gasteiger partial charge in [0.05, 0.1) is 12.5 Å². The number of ether oxygens (including phenoxy) is 3. The minimum absolute atomic E-state index is 0.117. The number of methoxy groups -OCH3 is 1. The lowest BCUT2D eigenvalue weighted by atomic mass is 9.41. The van der Waals surface area contributed by atoms with Crippen LogP contribution in [0.5, 0.6) is 0 Å². The number of cyclic esters (lactones) is 1. The van der Waals surface area contributed by atoms with Crippen LogP contribution in [0.2, 0.25) is 0 Å². The fourth-order valence-corrected chi connectivity index (χ4v) is 5.57. The van der Waals surface area contributed by atoms with Gasteiger partial charge in [0.2, 0.25) is 0 Å². The quantitative estimate of drug-likeness (QED) is 0.583. The van der Waals surface area contributed by atoms with Crippen LogP contribution in [-0.4, -0.2) is 37.9 Å². The largest absolute Gasteiger partial charge is 0.465 e. The Kier molecular flexibility index (Phi) is 4.06. The molecule has 1 heterocycles. The third kappa shape index (κ3) is 2.03. The lowest BCUT2D eigenvalue weighted by molar-refractivity contribution is -0.266. The van der Waals surface area contributed by atoms with Crippen LogP contribution in [0.15, 0.2) is 12.2 Å². The van der Waals surface area contributed by atoms with Crippen LogP contribution < -0.4 is 0 Å². The minimum atomic E-state index is -0.461. The predicted octanol–water partition coefficient (Wildman–Crippen LogP) is 2.73. The Morgan fingerprint density at radius 3 is 2.54 bits per heavy atom. The summed E-state index contributed by atoms with van der Waals surface area (Å²) in [6.07, 6.45) is 1.08. The van der Waals surface area contributed by atoms with Crippen molar-refractivity contribution in [3.05, 3.63) is 12.2 Å². The first-order chi connectivity index (χ1) is 11.2. The number of esters is 2. The molecule has 6 unspecified atom stereocenters. The lowest BCUT2D eigenvalue weighted by Crippen LogP contribution is -2.71. The summed E-state index contributed by atoms with van der Waals surface area (Å²) in [4.78, 5) is 24.9. The fraction of sp³-hybridized carbons (Fsp3) is 0.789. The summed E-state index contributed by atoms with van der Waals surface area (Å²) in [7, 11) is 1.67. The Labute approximate surface area is 143 Å². The monoisotopic (exact) mass is 336 g/mol. The number of fused-ring (bicyclic) bond motifs is 2. The van der Waals surface area contributed by atoms with E-state index in [2.05, 4.69) is 27.4 Å². The maximum absolute atomic E-state index is 12.6. The van der Waals surface area contributed by atoms with E-state index >= 15 is 0 Å². The van der Waals surface area contributed by atoms with E-state index in [1.54, 1.807) is 14.0 Å². The van der Waals surface area contributed by atoms with Crippen molar-refractivity contribution in [3.63, 3.8) is 0 Å². The molecule has 3 aliphatic carbocycles. The summed E-state index contributed by atoms with van der Waals surface area (Å²) in [6, 6.07) is 0. The van der Waals surface area contributed by atoms with Gasteiger partial charge in [0.15, 0.2) is 0 Å². The zero-order valence-corrected chi connectivity index (χ0v) is 15.3. The first-order valence-electron chi connectivity index (χ1n) is 8.76. The van der Waals surface area contributed by atoms with Crippen molar-refractivity contribution in [3.8, 4) is 0 Å². The van der Waals surface area contributed by atoms with E-state index in [4.69, 9.17) is 14.2 Å². The van der Waals surface area contributed by atoms with Gasteiger partial charge < -0.3 is 14.2 Å².